The number of alkyl halides is 3. The largest absolute Gasteiger partial charge is 0.416 e. The molecule has 0 aromatic heterocycles. The molecular weight excluding hydrogens is 376 g/mol. The molecule has 8 heteroatoms. The molecule has 2 aromatic carbocycles. The van der Waals surface area contributed by atoms with Gasteiger partial charge in [0.15, 0.2) is 0 Å². The molecule has 2 nitrogen and oxygen atoms in total. The number of hydrogen-bond donors (Lipinski definition) is 2. The molecule has 3 N–H and O–H groups in total. The molecule has 0 aliphatic rings. The Morgan fingerprint density at radius 1 is 1.10 bits per heavy atom. The van der Waals surface area contributed by atoms with Gasteiger partial charge >= 0.3 is 6.18 Å². The molecule has 0 spiro atoms. The Labute approximate surface area is 131 Å². The number of benzene rings is 2. The molecule has 2 rings (SSSR count). The lowest BCUT2D eigenvalue weighted by molar-refractivity contribution is -0.137. The van der Waals surface area contributed by atoms with Crippen molar-refractivity contribution in [3.8, 4) is 0 Å². The van der Waals surface area contributed by atoms with Crippen LogP contribution in [0.1, 0.15) is 5.56 Å². The SMILES string of the molecule is Nc1cc(Cl)c(F)cc1Nc1cc(C(F)(F)F)ccc1Br. The van der Waals surface area contributed by atoms with Gasteiger partial charge in [0.1, 0.15) is 5.82 Å². The maximum atomic E-state index is 13.4. The molecule has 0 heterocycles. The molecule has 0 aliphatic heterocycles. The van der Waals surface area contributed by atoms with E-state index in [-0.39, 0.29) is 22.1 Å². The Hall–Kier alpha value is -1.47. The number of rotatable bonds is 2. The first-order valence-electron chi connectivity index (χ1n) is 5.57. The van der Waals surface area contributed by atoms with E-state index in [1.807, 2.05) is 0 Å². The van der Waals surface area contributed by atoms with Gasteiger partial charge in [-0.05, 0) is 40.2 Å². The van der Waals surface area contributed by atoms with Crippen LogP contribution in [-0.2, 0) is 6.18 Å². The Morgan fingerprint density at radius 2 is 1.76 bits per heavy atom. The van der Waals surface area contributed by atoms with Gasteiger partial charge in [-0.1, -0.05) is 11.6 Å². The van der Waals surface area contributed by atoms with Gasteiger partial charge in [-0.25, -0.2) is 4.39 Å². The van der Waals surface area contributed by atoms with Gasteiger partial charge in [-0.3, -0.25) is 0 Å². The van der Waals surface area contributed by atoms with Crippen LogP contribution in [-0.4, -0.2) is 0 Å². The Kier molecular flexibility index (Phi) is 4.34. The summed E-state index contributed by atoms with van der Waals surface area (Å²) in [4.78, 5) is 0. The van der Waals surface area contributed by atoms with E-state index in [0.29, 0.717) is 4.47 Å². The van der Waals surface area contributed by atoms with Crippen LogP contribution >= 0.6 is 27.5 Å². The summed E-state index contributed by atoms with van der Waals surface area (Å²) in [6.45, 7) is 0. The van der Waals surface area contributed by atoms with Crippen LogP contribution in [0.4, 0.5) is 34.6 Å². The number of hydrogen-bond acceptors (Lipinski definition) is 2. The highest BCUT2D eigenvalue weighted by Crippen LogP contribution is 2.36. The monoisotopic (exact) mass is 382 g/mol. The minimum Gasteiger partial charge on any atom is -0.397 e. The second-order valence-electron chi connectivity index (χ2n) is 4.17. The van der Waals surface area contributed by atoms with Crippen molar-refractivity contribution < 1.29 is 17.6 Å². The molecule has 21 heavy (non-hydrogen) atoms. The minimum absolute atomic E-state index is 0.109. The molecule has 112 valence electrons. The highest BCUT2D eigenvalue weighted by molar-refractivity contribution is 9.10. The van der Waals surface area contributed by atoms with Crippen molar-refractivity contribution in [2.24, 2.45) is 0 Å². The van der Waals surface area contributed by atoms with Crippen molar-refractivity contribution in [2.75, 3.05) is 11.1 Å². The second-order valence-corrected chi connectivity index (χ2v) is 5.43. The lowest BCUT2D eigenvalue weighted by atomic mass is 10.2. The Bertz CT molecular complexity index is 689. The summed E-state index contributed by atoms with van der Waals surface area (Å²) in [6.07, 6.45) is -4.48. The van der Waals surface area contributed by atoms with Crippen molar-refractivity contribution in [3.05, 3.63) is 51.2 Å². The van der Waals surface area contributed by atoms with E-state index in [2.05, 4.69) is 21.2 Å². The van der Waals surface area contributed by atoms with Gasteiger partial charge < -0.3 is 11.1 Å². The third-order valence-corrected chi connectivity index (χ3v) is 3.64. The fourth-order valence-electron chi connectivity index (χ4n) is 1.61. The molecule has 0 saturated carbocycles. The third-order valence-electron chi connectivity index (χ3n) is 2.66. The zero-order valence-corrected chi connectivity index (χ0v) is 12.6. The van der Waals surface area contributed by atoms with Gasteiger partial charge in [0.05, 0.1) is 27.6 Å². The lowest BCUT2D eigenvalue weighted by Crippen LogP contribution is -2.06. The summed E-state index contributed by atoms with van der Waals surface area (Å²) < 4.78 is 51.9. The summed E-state index contributed by atoms with van der Waals surface area (Å²) in [5, 5.41) is 2.48. The lowest BCUT2D eigenvalue weighted by Gasteiger charge is -2.14. The van der Waals surface area contributed by atoms with Crippen molar-refractivity contribution in [1.82, 2.24) is 0 Å². The van der Waals surface area contributed by atoms with E-state index in [4.69, 9.17) is 17.3 Å². The average Bonchev–Trinajstić information content (AvgIpc) is 2.37. The fraction of sp³-hybridized carbons (Fsp3) is 0.0769. The van der Waals surface area contributed by atoms with Crippen LogP contribution in [0.3, 0.4) is 0 Å². The topological polar surface area (TPSA) is 38.0 Å². The zero-order valence-electron chi connectivity index (χ0n) is 10.2. The number of nitrogens with one attached hydrogen (secondary N) is 1. The van der Waals surface area contributed by atoms with E-state index >= 15 is 0 Å². The van der Waals surface area contributed by atoms with Gasteiger partial charge in [-0.15, -0.1) is 0 Å². The van der Waals surface area contributed by atoms with Gasteiger partial charge in [0, 0.05) is 10.5 Å². The molecule has 0 radical (unpaired) electrons. The van der Waals surface area contributed by atoms with Crippen molar-refractivity contribution in [3.63, 3.8) is 0 Å². The van der Waals surface area contributed by atoms with Crippen molar-refractivity contribution in [1.29, 1.82) is 0 Å². The molecule has 0 saturated heterocycles. The van der Waals surface area contributed by atoms with Gasteiger partial charge in [0.2, 0.25) is 0 Å². The number of anilines is 3. The number of halogens is 6. The summed E-state index contributed by atoms with van der Waals surface area (Å²) in [5.41, 5.74) is 5.18. The molecule has 0 fully saturated rings. The van der Waals surface area contributed by atoms with Crippen LogP contribution in [0.25, 0.3) is 0 Å². The highest BCUT2D eigenvalue weighted by Gasteiger charge is 2.31. The summed E-state index contributed by atoms with van der Waals surface area (Å²) in [6, 6.07) is 5.27. The van der Waals surface area contributed by atoms with Crippen molar-refractivity contribution >= 4 is 44.6 Å². The van der Waals surface area contributed by atoms with Crippen molar-refractivity contribution in [2.45, 2.75) is 6.18 Å². The second kappa shape index (κ2) is 5.73. The summed E-state index contributed by atoms with van der Waals surface area (Å²) in [7, 11) is 0. The standard InChI is InChI=1S/C13H8BrClF4N2/c14-7-2-1-6(13(17,18)19)3-11(7)21-12-5-9(16)8(15)4-10(12)20/h1-5,21H,20H2. The fourth-order valence-corrected chi connectivity index (χ4v) is 2.13. The third kappa shape index (κ3) is 3.59. The smallest absolute Gasteiger partial charge is 0.397 e. The predicted octanol–water partition coefficient (Wildman–Crippen LogP) is 5.59. The van der Waals surface area contributed by atoms with Crippen LogP contribution in [0.5, 0.6) is 0 Å². The van der Waals surface area contributed by atoms with Crippen LogP contribution in [0, 0.1) is 5.82 Å². The van der Waals surface area contributed by atoms with Crippen LogP contribution in [0.2, 0.25) is 5.02 Å². The molecule has 0 bridgehead atoms. The van der Waals surface area contributed by atoms with Crippen LogP contribution in [0.15, 0.2) is 34.8 Å². The normalized spacial score (nSPS) is 11.5. The maximum absolute atomic E-state index is 13.4. The minimum atomic E-state index is -4.48. The maximum Gasteiger partial charge on any atom is 0.416 e. The van der Waals surface area contributed by atoms with Gasteiger partial charge in [-0.2, -0.15) is 13.2 Å². The first-order chi connectivity index (χ1) is 9.68. The van der Waals surface area contributed by atoms with Crippen LogP contribution < -0.4 is 11.1 Å². The highest BCUT2D eigenvalue weighted by atomic mass is 79.9. The summed E-state index contributed by atoms with van der Waals surface area (Å²) >= 11 is 8.69. The van der Waals surface area contributed by atoms with E-state index in [9.17, 15) is 17.6 Å². The molecule has 0 amide bonds. The molecular formula is C13H8BrClF4N2. The Balaban J connectivity index is 2.42. The van der Waals surface area contributed by atoms with E-state index in [1.54, 1.807) is 0 Å². The Morgan fingerprint density at radius 3 is 2.38 bits per heavy atom. The van der Waals surface area contributed by atoms with Gasteiger partial charge in [0.25, 0.3) is 0 Å². The van der Waals surface area contributed by atoms with E-state index in [0.717, 1.165) is 18.2 Å². The zero-order chi connectivity index (χ0) is 15.8. The predicted molar refractivity (Wildman–Crippen MR) is 78.2 cm³/mol. The number of nitrogen functional groups attached to an aromatic ring is 1. The van der Waals surface area contributed by atoms with E-state index < -0.39 is 17.6 Å². The number of nitrogens with two attached hydrogens (primary N) is 1. The molecule has 0 atom stereocenters. The van der Waals surface area contributed by atoms with E-state index in [1.165, 1.54) is 12.1 Å². The average molecular weight is 384 g/mol. The first-order valence-corrected chi connectivity index (χ1v) is 6.74. The summed E-state index contributed by atoms with van der Waals surface area (Å²) in [5.74, 6) is -0.725. The molecule has 0 aliphatic carbocycles. The molecule has 2 aromatic rings. The first kappa shape index (κ1) is 15.9. The molecule has 0 unspecified atom stereocenters. The quantitative estimate of drug-likeness (QED) is 0.524.